The fourth-order valence-electron chi connectivity index (χ4n) is 2.74. The molecule has 0 radical (unpaired) electrons. The molecular weight excluding hydrogens is 342 g/mol. The standard InChI is InChI=1S/C16H21N5O3S/c1-2-9-25(23,24)20-7-8-21-14(12-20)10-15(19-21)16(22)18-11-13-5-3-4-6-17-13/h3-6,10H,2,7-9,11-12H2,1H3,(H,18,22). The molecular formula is C16H21N5O3S. The first kappa shape index (κ1) is 17.6. The summed E-state index contributed by atoms with van der Waals surface area (Å²) in [5, 5.41) is 7.07. The monoisotopic (exact) mass is 363 g/mol. The molecule has 1 aliphatic heterocycles. The summed E-state index contributed by atoms with van der Waals surface area (Å²) < 4.78 is 27.6. The zero-order chi connectivity index (χ0) is 17.9. The smallest absolute Gasteiger partial charge is 0.272 e. The summed E-state index contributed by atoms with van der Waals surface area (Å²) in [7, 11) is -3.25. The van der Waals surface area contributed by atoms with Crippen molar-refractivity contribution >= 4 is 15.9 Å². The van der Waals surface area contributed by atoms with Gasteiger partial charge >= 0.3 is 0 Å². The quantitative estimate of drug-likeness (QED) is 0.817. The van der Waals surface area contributed by atoms with Crippen LogP contribution in [0.1, 0.15) is 35.2 Å². The van der Waals surface area contributed by atoms with Crippen molar-refractivity contribution in [2.45, 2.75) is 33.0 Å². The van der Waals surface area contributed by atoms with Crippen molar-refractivity contribution in [1.29, 1.82) is 0 Å². The molecule has 0 atom stereocenters. The van der Waals surface area contributed by atoms with Crippen LogP contribution in [-0.4, -0.2) is 45.7 Å². The molecule has 0 aliphatic carbocycles. The molecule has 9 heteroatoms. The van der Waals surface area contributed by atoms with Crippen LogP contribution in [0.5, 0.6) is 0 Å². The minimum atomic E-state index is -3.25. The molecule has 0 saturated heterocycles. The maximum atomic E-state index is 12.3. The predicted molar refractivity (Wildman–Crippen MR) is 92.1 cm³/mol. The summed E-state index contributed by atoms with van der Waals surface area (Å²) in [5.41, 5.74) is 1.78. The van der Waals surface area contributed by atoms with Crippen molar-refractivity contribution in [3.05, 3.63) is 47.5 Å². The molecule has 0 fully saturated rings. The Morgan fingerprint density at radius 1 is 1.32 bits per heavy atom. The Labute approximate surface area is 146 Å². The molecule has 1 aliphatic rings. The van der Waals surface area contributed by atoms with E-state index < -0.39 is 10.0 Å². The Morgan fingerprint density at radius 2 is 2.16 bits per heavy atom. The zero-order valence-corrected chi connectivity index (χ0v) is 14.9. The highest BCUT2D eigenvalue weighted by Gasteiger charge is 2.28. The van der Waals surface area contributed by atoms with E-state index in [0.717, 1.165) is 11.4 Å². The molecule has 0 spiro atoms. The van der Waals surface area contributed by atoms with E-state index in [9.17, 15) is 13.2 Å². The Balaban J connectivity index is 1.67. The second-order valence-corrected chi connectivity index (χ2v) is 7.99. The molecule has 0 saturated carbocycles. The Bertz CT molecular complexity index is 848. The number of sulfonamides is 1. The lowest BCUT2D eigenvalue weighted by molar-refractivity contribution is 0.0944. The average molecular weight is 363 g/mol. The number of amides is 1. The van der Waals surface area contributed by atoms with Crippen molar-refractivity contribution in [1.82, 2.24) is 24.4 Å². The van der Waals surface area contributed by atoms with Crippen molar-refractivity contribution in [3.8, 4) is 0 Å². The van der Waals surface area contributed by atoms with Crippen LogP contribution in [0.3, 0.4) is 0 Å². The Morgan fingerprint density at radius 3 is 2.88 bits per heavy atom. The second-order valence-electron chi connectivity index (χ2n) is 5.90. The van der Waals surface area contributed by atoms with E-state index in [1.165, 1.54) is 4.31 Å². The van der Waals surface area contributed by atoms with Crippen LogP contribution >= 0.6 is 0 Å². The summed E-state index contributed by atoms with van der Waals surface area (Å²) >= 11 is 0. The molecule has 2 aromatic rings. The lowest BCUT2D eigenvalue weighted by Gasteiger charge is -2.26. The number of carbonyl (C=O) groups is 1. The number of carbonyl (C=O) groups excluding carboxylic acids is 1. The van der Waals surface area contributed by atoms with Crippen LogP contribution in [0.4, 0.5) is 0 Å². The zero-order valence-electron chi connectivity index (χ0n) is 14.1. The Kier molecular flexibility index (Phi) is 5.14. The van der Waals surface area contributed by atoms with E-state index in [-0.39, 0.29) is 18.2 Å². The van der Waals surface area contributed by atoms with Gasteiger partial charge in [-0.15, -0.1) is 0 Å². The number of rotatable bonds is 6. The van der Waals surface area contributed by atoms with Gasteiger partial charge in [0.15, 0.2) is 5.69 Å². The predicted octanol–water partition coefficient (Wildman–Crippen LogP) is 0.763. The first-order valence-electron chi connectivity index (χ1n) is 8.22. The first-order chi connectivity index (χ1) is 12.0. The van der Waals surface area contributed by atoms with E-state index in [4.69, 9.17) is 0 Å². The van der Waals surface area contributed by atoms with Gasteiger partial charge in [0.25, 0.3) is 5.91 Å². The topological polar surface area (TPSA) is 97.2 Å². The number of hydrogen-bond donors (Lipinski definition) is 1. The number of nitrogens with zero attached hydrogens (tertiary/aromatic N) is 4. The van der Waals surface area contributed by atoms with Crippen LogP contribution in [0, 0.1) is 0 Å². The second kappa shape index (κ2) is 7.32. The van der Waals surface area contributed by atoms with E-state index in [1.807, 2.05) is 25.1 Å². The fraction of sp³-hybridized carbons (Fsp3) is 0.438. The van der Waals surface area contributed by atoms with Gasteiger partial charge in [0.1, 0.15) is 0 Å². The van der Waals surface area contributed by atoms with E-state index in [0.29, 0.717) is 31.7 Å². The molecule has 1 amide bonds. The third-order valence-corrected chi connectivity index (χ3v) is 6.03. The Hall–Kier alpha value is -2.26. The van der Waals surface area contributed by atoms with Gasteiger partial charge in [0.2, 0.25) is 10.0 Å². The van der Waals surface area contributed by atoms with Crippen LogP contribution in [0.15, 0.2) is 30.5 Å². The minimum absolute atomic E-state index is 0.137. The maximum Gasteiger partial charge on any atom is 0.272 e. The number of hydrogen-bond acceptors (Lipinski definition) is 5. The van der Waals surface area contributed by atoms with Crippen molar-refractivity contribution in [3.63, 3.8) is 0 Å². The molecule has 8 nitrogen and oxygen atoms in total. The third kappa shape index (κ3) is 4.05. The lowest BCUT2D eigenvalue weighted by atomic mass is 10.3. The van der Waals surface area contributed by atoms with Crippen molar-refractivity contribution < 1.29 is 13.2 Å². The minimum Gasteiger partial charge on any atom is -0.345 e. The number of pyridine rings is 1. The SMILES string of the molecule is CCCS(=O)(=O)N1CCn2nc(C(=O)NCc3ccccn3)cc2C1. The highest BCUT2D eigenvalue weighted by atomic mass is 32.2. The summed E-state index contributed by atoms with van der Waals surface area (Å²) in [5.74, 6) is -0.158. The van der Waals surface area contributed by atoms with Gasteiger partial charge in [-0.1, -0.05) is 13.0 Å². The highest BCUT2D eigenvalue weighted by Crippen LogP contribution is 2.17. The summed E-state index contributed by atoms with van der Waals surface area (Å²) in [6, 6.07) is 7.15. The summed E-state index contributed by atoms with van der Waals surface area (Å²) in [6.45, 7) is 3.25. The van der Waals surface area contributed by atoms with Gasteiger partial charge in [0, 0.05) is 12.7 Å². The van der Waals surface area contributed by atoms with Crippen LogP contribution in [0.25, 0.3) is 0 Å². The van der Waals surface area contributed by atoms with Crippen LogP contribution in [-0.2, 0) is 29.7 Å². The van der Waals surface area contributed by atoms with Crippen LogP contribution < -0.4 is 5.32 Å². The summed E-state index contributed by atoms with van der Waals surface area (Å²) in [4.78, 5) is 16.4. The van der Waals surface area contributed by atoms with Gasteiger partial charge in [-0.25, -0.2) is 8.42 Å². The van der Waals surface area contributed by atoms with E-state index in [2.05, 4.69) is 15.4 Å². The molecule has 1 N–H and O–H groups in total. The number of nitrogens with one attached hydrogen (secondary N) is 1. The third-order valence-electron chi connectivity index (χ3n) is 4.01. The van der Waals surface area contributed by atoms with E-state index in [1.54, 1.807) is 16.9 Å². The molecule has 3 rings (SSSR count). The van der Waals surface area contributed by atoms with Gasteiger partial charge in [-0.3, -0.25) is 14.5 Å². The molecule has 134 valence electrons. The molecule has 3 heterocycles. The van der Waals surface area contributed by atoms with Gasteiger partial charge in [0.05, 0.1) is 36.8 Å². The molecule has 0 unspecified atom stereocenters. The molecule has 0 aromatic carbocycles. The van der Waals surface area contributed by atoms with Crippen molar-refractivity contribution in [2.24, 2.45) is 0 Å². The fourth-order valence-corrected chi connectivity index (χ4v) is 4.20. The van der Waals surface area contributed by atoms with Crippen LogP contribution in [0.2, 0.25) is 0 Å². The highest BCUT2D eigenvalue weighted by molar-refractivity contribution is 7.89. The molecule has 2 aromatic heterocycles. The summed E-state index contributed by atoms with van der Waals surface area (Å²) in [6.07, 6.45) is 2.25. The van der Waals surface area contributed by atoms with Gasteiger partial charge < -0.3 is 5.32 Å². The van der Waals surface area contributed by atoms with Crippen molar-refractivity contribution in [2.75, 3.05) is 12.3 Å². The first-order valence-corrected chi connectivity index (χ1v) is 9.83. The lowest BCUT2D eigenvalue weighted by Crippen LogP contribution is -2.39. The number of aromatic nitrogens is 3. The maximum absolute atomic E-state index is 12.3. The average Bonchev–Trinajstić information content (AvgIpc) is 3.04. The number of fused-ring (bicyclic) bond motifs is 1. The van der Waals surface area contributed by atoms with Gasteiger partial charge in [-0.05, 0) is 24.6 Å². The largest absolute Gasteiger partial charge is 0.345 e. The molecule has 0 bridgehead atoms. The molecule has 25 heavy (non-hydrogen) atoms. The van der Waals surface area contributed by atoms with Gasteiger partial charge in [-0.2, -0.15) is 9.40 Å². The van der Waals surface area contributed by atoms with E-state index >= 15 is 0 Å². The normalized spacial score (nSPS) is 14.9.